The van der Waals surface area contributed by atoms with Gasteiger partial charge in [0, 0.05) is 17.7 Å². The average Bonchev–Trinajstić information content (AvgIpc) is 2.19. The highest BCUT2D eigenvalue weighted by Gasteiger charge is 2.16. The highest BCUT2D eigenvalue weighted by Crippen LogP contribution is 2.18. The van der Waals surface area contributed by atoms with Crippen LogP contribution < -0.4 is 11.5 Å². The lowest BCUT2D eigenvalue weighted by molar-refractivity contribution is 0.0999. The smallest absolute Gasteiger partial charge is 0.249 e. The highest BCUT2D eigenvalue weighted by atomic mass is 16.3. The van der Waals surface area contributed by atoms with Gasteiger partial charge in [-0.1, -0.05) is 0 Å². The predicted molar refractivity (Wildman–Crippen MR) is 59.0 cm³/mol. The molecule has 1 aromatic carbocycles. The molecule has 0 aliphatic heterocycles. The summed E-state index contributed by atoms with van der Waals surface area (Å²) in [6.07, 6.45) is 0.177. The maximum absolute atomic E-state index is 11.2. The Bertz CT molecular complexity index is 406. The van der Waals surface area contributed by atoms with Crippen LogP contribution in [0.15, 0.2) is 12.1 Å². The number of amides is 2. The summed E-state index contributed by atoms with van der Waals surface area (Å²) < 4.78 is 0. The molecule has 16 heavy (non-hydrogen) atoms. The summed E-state index contributed by atoms with van der Waals surface area (Å²) in [5.74, 6) is -1.26. The third-order valence-corrected chi connectivity index (χ3v) is 2.29. The lowest BCUT2D eigenvalue weighted by Crippen LogP contribution is -2.21. The average molecular weight is 222 g/mol. The number of primary amides is 2. The van der Waals surface area contributed by atoms with Crippen LogP contribution in [0.25, 0.3) is 0 Å². The van der Waals surface area contributed by atoms with Crippen molar-refractivity contribution in [3.05, 3.63) is 34.4 Å². The zero-order valence-corrected chi connectivity index (χ0v) is 8.99. The molecule has 0 aromatic heterocycles. The molecule has 0 saturated carbocycles. The van der Waals surface area contributed by atoms with Crippen molar-refractivity contribution < 1.29 is 14.7 Å². The Labute approximate surface area is 93.1 Å². The largest absolute Gasteiger partial charge is 0.396 e. The number of benzene rings is 1. The predicted octanol–water partition coefficient (Wildman–Crippen LogP) is -0.272. The van der Waals surface area contributed by atoms with E-state index in [1.165, 1.54) is 0 Å². The summed E-state index contributed by atoms with van der Waals surface area (Å²) in [7, 11) is 0. The molecule has 0 atom stereocenters. The van der Waals surface area contributed by atoms with Gasteiger partial charge < -0.3 is 16.6 Å². The van der Waals surface area contributed by atoms with Gasteiger partial charge in [0.05, 0.1) is 0 Å². The van der Waals surface area contributed by atoms with Crippen molar-refractivity contribution in [2.75, 3.05) is 6.61 Å². The van der Waals surface area contributed by atoms with E-state index in [9.17, 15) is 9.59 Å². The summed E-state index contributed by atoms with van der Waals surface area (Å²) in [6, 6.07) is 3.17. The van der Waals surface area contributed by atoms with Gasteiger partial charge in [0.1, 0.15) is 0 Å². The summed E-state index contributed by atoms with van der Waals surface area (Å²) in [4.78, 5) is 22.4. The van der Waals surface area contributed by atoms with Gasteiger partial charge in [-0.3, -0.25) is 9.59 Å². The third kappa shape index (κ3) is 2.38. The van der Waals surface area contributed by atoms with Crippen LogP contribution in [0.2, 0.25) is 0 Å². The van der Waals surface area contributed by atoms with Crippen molar-refractivity contribution in [2.24, 2.45) is 11.5 Å². The second kappa shape index (κ2) is 4.76. The molecule has 0 heterocycles. The monoisotopic (exact) mass is 222 g/mol. The van der Waals surface area contributed by atoms with Crippen LogP contribution in [0, 0.1) is 6.92 Å². The minimum atomic E-state index is -0.630. The molecule has 0 bridgehead atoms. The number of carbonyl (C=O) groups is 2. The standard InChI is InChI=1S/C11H14N2O3/c1-6-4-8(10(12)15)7(2-3-14)9(5-6)11(13)16/h4-5,14H,2-3H2,1H3,(H2,12,15)(H2,13,16). The van der Waals surface area contributed by atoms with Gasteiger partial charge >= 0.3 is 0 Å². The third-order valence-electron chi connectivity index (χ3n) is 2.29. The van der Waals surface area contributed by atoms with Gasteiger partial charge in [-0.15, -0.1) is 0 Å². The van der Waals surface area contributed by atoms with Crippen molar-refractivity contribution in [1.82, 2.24) is 0 Å². The Kier molecular flexibility index (Phi) is 3.63. The van der Waals surface area contributed by atoms with Crippen molar-refractivity contribution in [3.63, 3.8) is 0 Å². The zero-order valence-electron chi connectivity index (χ0n) is 8.99. The molecular formula is C11H14N2O3. The molecule has 0 aliphatic rings. The van der Waals surface area contributed by atoms with E-state index in [0.29, 0.717) is 5.56 Å². The number of carbonyl (C=O) groups excluding carboxylic acids is 2. The van der Waals surface area contributed by atoms with E-state index in [-0.39, 0.29) is 24.2 Å². The molecule has 0 fully saturated rings. The number of hydrogen-bond donors (Lipinski definition) is 3. The van der Waals surface area contributed by atoms with Crippen LogP contribution >= 0.6 is 0 Å². The molecule has 2 amide bonds. The number of aliphatic hydroxyl groups is 1. The Hall–Kier alpha value is -1.88. The minimum Gasteiger partial charge on any atom is -0.396 e. The SMILES string of the molecule is Cc1cc(C(N)=O)c(CCO)c(C(N)=O)c1. The second-order valence-corrected chi connectivity index (χ2v) is 3.54. The number of aliphatic hydroxyl groups excluding tert-OH is 1. The quantitative estimate of drug-likeness (QED) is 0.652. The fourth-order valence-electron chi connectivity index (χ4n) is 1.64. The molecule has 1 rings (SSSR count). The van der Waals surface area contributed by atoms with Crippen molar-refractivity contribution in [2.45, 2.75) is 13.3 Å². The maximum Gasteiger partial charge on any atom is 0.249 e. The maximum atomic E-state index is 11.2. The fraction of sp³-hybridized carbons (Fsp3) is 0.273. The van der Waals surface area contributed by atoms with Crippen LogP contribution in [-0.2, 0) is 6.42 Å². The van der Waals surface area contributed by atoms with E-state index in [4.69, 9.17) is 16.6 Å². The summed E-state index contributed by atoms with van der Waals surface area (Å²) in [5.41, 5.74) is 12.0. The van der Waals surface area contributed by atoms with Gasteiger partial charge in [0.2, 0.25) is 11.8 Å². The molecule has 0 spiro atoms. The Morgan fingerprint density at radius 3 is 1.94 bits per heavy atom. The Morgan fingerprint density at radius 2 is 1.62 bits per heavy atom. The molecule has 0 radical (unpaired) electrons. The lowest BCUT2D eigenvalue weighted by atomic mass is 9.95. The number of hydrogen-bond acceptors (Lipinski definition) is 3. The summed E-state index contributed by atoms with van der Waals surface area (Å²) >= 11 is 0. The van der Waals surface area contributed by atoms with Crippen molar-refractivity contribution >= 4 is 11.8 Å². The first-order valence-corrected chi connectivity index (χ1v) is 4.81. The first kappa shape index (κ1) is 12.2. The van der Waals surface area contributed by atoms with E-state index < -0.39 is 11.8 Å². The van der Waals surface area contributed by atoms with Crippen LogP contribution in [0.1, 0.15) is 31.8 Å². The summed E-state index contributed by atoms with van der Waals surface area (Å²) in [5, 5.41) is 8.90. The van der Waals surface area contributed by atoms with E-state index >= 15 is 0 Å². The summed E-state index contributed by atoms with van der Waals surface area (Å²) in [6.45, 7) is 1.56. The topological polar surface area (TPSA) is 106 Å². The molecule has 5 nitrogen and oxygen atoms in total. The number of nitrogens with two attached hydrogens (primary N) is 2. The Morgan fingerprint density at radius 1 is 1.19 bits per heavy atom. The molecule has 0 saturated heterocycles. The first-order valence-electron chi connectivity index (χ1n) is 4.81. The molecule has 1 aromatic rings. The molecule has 86 valence electrons. The molecule has 5 N–H and O–H groups in total. The number of aryl methyl sites for hydroxylation is 1. The van der Waals surface area contributed by atoms with E-state index in [1.807, 2.05) is 0 Å². The van der Waals surface area contributed by atoms with Gasteiger partial charge in [-0.25, -0.2) is 0 Å². The molecule has 0 aliphatic carbocycles. The highest BCUT2D eigenvalue weighted by molar-refractivity contribution is 6.01. The zero-order chi connectivity index (χ0) is 12.3. The molecule has 5 heteroatoms. The van der Waals surface area contributed by atoms with Gasteiger partial charge in [-0.2, -0.15) is 0 Å². The number of rotatable bonds is 4. The van der Waals surface area contributed by atoms with E-state index in [2.05, 4.69) is 0 Å². The second-order valence-electron chi connectivity index (χ2n) is 3.54. The van der Waals surface area contributed by atoms with Crippen LogP contribution in [0.5, 0.6) is 0 Å². The van der Waals surface area contributed by atoms with Crippen LogP contribution in [0.4, 0.5) is 0 Å². The fourth-order valence-corrected chi connectivity index (χ4v) is 1.64. The normalized spacial score (nSPS) is 10.1. The first-order chi connectivity index (χ1) is 7.47. The van der Waals surface area contributed by atoms with Crippen molar-refractivity contribution in [3.8, 4) is 0 Å². The van der Waals surface area contributed by atoms with E-state index in [0.717, 1.165) is 5.56 Å². The Balaban J connectivity index is 3.47. The van der Waals surface area contributed by atoms with Crippen LogP contribution in [-0.4, -0.2) is 23.5 Å². The van der Waals surface area contributed by atoms with Gasteiger partial charge in [-0.05, 0) is 36.6 Å². The van der Waals surface area contributed by atoms with Crippen molar-refractivity contribution in [1.29, 1.82) is 0 Å². The molecular weight excluding hydrogens is 208 g/mol. The van der Waals surface area contributed by atoms with E-state index in [1.54, 1.807) is 19.1 Å². The van der Waals surface area contributed by atoms with Gasteiger partial charge in [0.15, 0.2) is 0 Å². The minimum absolute atomic E-state index is 0.177. The lowest BCUT2D eigenvalue weighted by Gasteiger charge is -2.11. The molecule has 0 unspecified atom stereocenters. The van der Waals surface area contributed by atoms with Crippen LogP contribution in [0.3, 0.4) is 0 Å². The van der Waals surface area contributed by atoms with Gasteiger partial charge in [0.25, 0.3) is 0 Å².